The Labute approximate surface area is 165 Å². The van der Waals surface area contributed by atoms with E-state index in [0.29, 0.717) is 17.6 Å². The van der Waals surface area contributed by atoms with Crippen LogP contribution in [0.15, 0.2) is 54.6 Å². The van der Waals surface area contributed by atoms with Gasteiger partial charge in [0, 0.05) is 24.6 Å². The Kier molecular flexibility index (Phi) is 5.46. The summed E-state index contributed by atoms with van der Waals surface area (Å²) in [5, 5.41) is 8.88. The maximum absolute atomic E-state index is 6.60. The van der Waals surface area contributed by atoms with Gasteiger partial charge in [0.05, 0.1) is 18.8 Å². The first kappa shape index (κ1) is 18.1. The molecular weight excluding hydrogens is 358 g/mol. The molecule has 1 aliphatic heterocycles. The second kappa shape index (κ2) is 8.15. The van der Waals surface area contributed by atoms with Gasteiger partial charge in [-0.25, -0.2) is 4.68 Å². The molecule has 0 spiro atoms. The molecule has 0 bridgehead atoms. The molecule has 0 saturated carbocycles. The monoisotopic (exact) mass is 381 g/mol. The Balaban J connectivity index is 1.35. The van der Waals surface area contributed by atoms with E-state index < -0.39 is 0 Å². The van der Waals surface area contributed by atoms with Crippen molar-refractivity contribution in [1.82, 2.24) is 15.1 Å². The minimum absolute atomic E-state index is 0.471. The van der Waals surface area contributed by atoms with Crippen LogP contribution < -0.4 is 10.1 Å². The second-order valence-corrected chi connectivity index (χ2v) is 7.48. The third-order valence-electron chi connectivity index (χ3n) is 5.05. The van der Waals surface area contributed by atoms with Crippen LogP contribution in [0.2, 0.25) is 5.15 Å². The van der Waals surface area contributed by atoms with Gasteiger partial charge in [-0.3, -0.25) is 0 Å². The topological polar surface area (TPSA) is 39.1 Å². The van der Waals surface area contributed by atoms with Crippen LogP contribution in [0.3, 0.4) is 0 Å². The van der Waals surface area contributed by atoms with E-state index >= 15 is 0 Å². The van der Waals surface area contributed by atoms with Crippen LogP contribution in [-0.4, -0.2) is 22.9 Å². The summed E-state index contributed by atoms with van der Waals surface area (Å²) in [6, 6.07) is 18.6. The average Bonchev–Trinajstić information content (AvgIpc) is 2.96. The fraction of sp³-hybridized carbons (Fsp3) is 0.318. The molecule has 3 aromatic rings. The Morgan fingerprint density at radius 2 is 1.93 bits per heavy atom. The van der Waals surface area contributed by atoms with Gasteiger partial charge >= 0.3 is 0 Å². The molecule has 0 fully saturated rings. The molecule has 0 saturated heterocycles. The van der Waals surface area contributed by atoms with Crippen molar-refractivity contribution in [2.75, 3.05) is 13.2 Å². The number of aromatic nitrogens is 2. The summed E-state index contributed by atoms with van der Waals surface area (Å²) in [5.41, 5.74) is 4.54. The van der Waals surface area contributed by atoms with E-state index in [-0.39, 0.29) is 0 Å². The molecule has 27 heavy (non-hydrogen) atoms. The van der Waals surface area contributed by atoms with Crippen molar-refractivity contribution in [3.63, 3.8) is 0 Å². The quantitative estimate of drug-likeness (QED) is 0.694. The summed E-state index contributed by atoms with van der Waals surface area (Å²) in [6.07, 6.45) is 1.04. The number of para-hydroxylation sites is 1. The molecule has 2 aromatic carbocycles. The number of nitrogens with zero attached hydrogens (tertiary/aromatic N) is 2. The van der Waals surface area contributed by atoms with E-state index in [0.717, 1.165) is 43.1 Å². The van der Waals surface area contributed by atoms with Gasteiger partial charge in [-0.2, -0.15) is 5.10 Å². The lowest BCUT2D eigenvalue weighted by atomic mass is 9.97. The molecule has 1 aromatic heterocycles. The molecule has 0 radical (unpaired) electrons. The first-order valence-corrected chi connectivity index (χ1v) is 9.75. The van der Waals surface area contributed by atoms with Gasteiger partial charge in [-0.1, -0.05) is 60.1 Å². The smallest absolute Gasteiger partial charge is 0.132 e. The minimum atomic E-state index is 0.471. The van der Waals surface area contributed by atoms with Crippen molar-refractivity contribution < 1.29 is 4.74 Å². The molecule has 0 amide bonds. The molecule has 140 valence electrons. The number of benzene rings is 2. The Hall–Kier alpha value is -2.30. The molecule has 4 rings (SSSR count). The van der Waals surface area contributed by atoms with E-state index in [1.54, 1.807) is 0 Å². The number of ether oxygens (including phenoxy) is 1. The van der Waals surface area contributed by atoms with Crippen molar-refractivity contribution in [2.45, 2.75) is 26.4 Å². The van der Waals surface area contributed by atoms with Crippen molar-refractivity contribution in [2.24, 2.45) is 5.92 Å². The van der Waals surface area contributed by atoms with Gasteiger partial charge in [-0.05, 0) is 30.5 Å². The fourth-order valence-electron chi connectivity index (χ4n) is 3.58. The number of rotatable bonds is 6. The molecule has 1 unspecified atom stereocenters. The zero-order valence-corrected chi connectivity index (χ0v) is 16.2. The number of aryl methyl sites for hydroxylation is 1. The van der Waals surface area contributed by atoms with Gasteiger partial charge in [0.2, 0.25) is 0 Å². The SMILES string of the molecule is Cc1nn(Cc2ccccc2)c(Cl)c1CNCC1COc2ccccc2C1. The van der Waals surface area contributed by atoms with Crippen molar-refractivity contribution in [3.8, 4) is 5.75 Å². The van der Waals surface area contributed by atoms with Crippen molar-refractivity contribution in [3.05, 3.63) is 82.1 Å². The summed E-state index contributed by atoms with van der Waals surface area (Å²) < 4.78 is 7.75. The van der Waals surface area contributed by atoms with Gasteiger partial charge < -0.3 is 10.1 Å². The van der Waals surface area contributed by atoms with E-state index in [2.05, 4.69) is 34.7 Å². The summed E-state index contributed by atoms with van der Waals surface area (Å²) in [7, 11) is 0. The molecule has 4 nitrogen and oxygen atoms in total. The third-order valence-corrected chi connectivity index (χ3v) is 5.47. The highest BCUT2D eigenvalue weighted by Crippen LogP contribution is 2.26. The highest BCUT2D eigenvalue weighted by atomic mass is 35.5. The summed E-state index contributed by atoms with van der Waals surface area (Å²) >= 11 is 6.60. The average molecular weight is 382 g/mol. The first-order valence-electron chi connectivity index (χ1n) is 9.38. The third kappa shape index (κ3) is 4.18. The van der Waals surface area contributed by atoms with Crippen LogP contribution in [0.1, 0.15) is 22.4 Å². The van der Waals surface area contributed by atoms with E-state index in [1.807, 2.05) is 41.9 Å². The Morgan fingerprint density at radius 1 is 1.15 bits per heavy atom. The molecule has 5 heteroatoms. The van der Waals surface area contributed by atoms with E-state index in [4.69, 9.17) is 16.3 Å². The highest BCUT2D eigenvalue weighted by molar-refractivity contribution is 6.30. The maximum Gasteiger partial charge on any atom is 0.132 e. The number of hydrogen-bond donors (Lipinski definition) is 1. The van der Waals surface area contributed by atoms with Crippen LogP contribution in [-0.2, 0) is 19.5 Å². The molecule has 0 aliphatic carbocycles. The number of nitrogens with one attached hydrogen (secondary N) is 1. The lowest BCUT2D eigenvalue weighted by molar-refractivity contribution is 0.218. The fourth-order valence-corrected chi connectivity index (χ4v) is 3.88. The summed E-state index contributed by atoms with van der Waals surface area (Å²) in [6.45, 7) is 5.08. The van der Waals surface area contributed by atoms with Crippen LogP contribution in [0.5, 0.6) is 5.75 Å². The number of halogens is 1. The lowest BCUT2D eigenvalue weighted by Gasteiger charge is -2.25. The Bertz CT molecular complexity index is 907. The molecular formula is C22H24ClN3O. The van der Waals surface area contributed by atoms with Crippen molar-refractivity contribution in [1.29, 1.82) is 0 Å². The maximum atomic E-state index is 6.60. The van der Waals surface area contributed by atoms with E-state index in [9.17, 15) is 0 Å². The van der Waals surface area contributed by atoms with E-state index in [1.165, 1.54) is 11.1 Å². The molecule has 1 N–H and O–H groups in total. The van der Waals surface area contributed by atoms with Crippen LogP contribution in [0.25, 0.3) is 0 Å². The standard InChI is InChI=1S/C22H24ClN3O/c1-16-20(22(23)26(25-16)14-17-7-3-2-4-8-17)13-24-12-18-11-19-9-5-6-10-21(19)27-15-18/h2-10,18,24H,11-15H2,1H3. The van der Waals surface area contributed by atoms with Crippen molar-refractivity contribution >= 4 is 11.6 Å². The number of hydrogen-bond acceptors (Lipinski definition) is 3. The zero-order chi connectivity index (χ0) is 18.6. The first-order chi connectivity index (χ1) is 13.2. The summed E-state index contributed by atoms with van der Waals surface area (Å²) in [5.74, 6) is 1.49. The lowest BCUT2D eigenvalue weighted by Crippen LogP contribution is -2.31. The van der Waals surface area contributed by atoms with Gasteiger partial charge in [0.25, 0.3) is 0 Å². The largest absolute Gasteiger partial charge is 0.493 e. The van der Waals surface area contributed by atoms with Gasteiger partial charge in [0.1, 0.15) is 10.9 Å². The van der Waals surface area contributed by atoms with Crippen LogP contribution in [0.4, 0.5) is 0 Å². The second-order valence-electron chi connectivity index (χ2n) is 7.12. The van der Waals surface area contributed by atoms with Crippen LogP contribution in [0, 0.1) is 12.8 Å². The minimum Gasteiger partial charge on any atom is -0.493 e. The highest BCUT2D eigenvalue weighted by Gasteiger charge is 2.20. The van der Waals surface area contributed by atoms with Crippen LogP contribution >= 0.6 is 11.6 Å². The zero-order valence-electron chi connectivity index (χ0n) is 15.5. The van der Waals surface area contributed by atoms with Gasteiger partial charge in [0.15, 0.2) is 0 Å². The van der Waals surface area contributed by atoms with Gasteiger partial charge in [-0.15, -0.1) is 0 Å². The summed E-state index contributed by atoms with van der Waals surface area (Å²) in [4.78, 5) is 0. The molecule has 1 aliphatic rings. The molecule has 2 heterocycles. The molecule has 1 atom stereocenters. The predicted molar refractivity (Wildman–Crippen MR) is 108 cm³/mol. The Morgan fingerprint density at radius 3 is 2.78 bits per heavy atom. The predicted octanol–water partition coefficient (Wildman–Crippen LogP) is 4.23. The normalized spacial score (nSPS) is 16.0. The number of fused-ring (bicyclic) bond motifs is 1.